The highest BCUT2D eigenvalue weighted by Crippen LogP contribution is 2.51. The predicted molar refractivity (Wildman–Crippen MR) is 165 cm³/mol. The standard InChI is InChI=1S/C28H44ClN5O6Si2/c1-12-28(36)22-20(13-37-41(16(4)5,17(6)7)40-42(39-22,18(8)9)19(10)11)38-26(28)34-14-30-21-23(29)31-27(32-24(21)34)33-25(35)15(2)3/h1,14-20,22,26,36H,13H2,2-11H3,(H,31,32,33,35)/t20-,22-,26-,28+/m1/s1. The van der Waals surface area contributed by atoms with Crippen LogP contribution in [0.1, 0.15) is 75.5 Å². The first-order chi connectivity index (χ1) is 19.5. The molecule has 2 aromatic rings. The lowest BCUT2D eigenvalue weighted by Gasteiger charge is -2.51. The first kappa shape index (κ1) is 33.0. The second-order valence-corrected chi connectivity index (χ2v) is 22.0. The molecule has 14 heteroatoms. The number of hydrogen-bond donors (Lipinski definition) is 2. The fourth-order valence-corrected chi connectivity index (χ4v) is 17.4. The number of hydrogen-bond acceptors (Lipinski definition) is 9. The van der Waals surface area contributed by atoms with Gasteiger partial charge in [0.05, 0.1) is 12.9 Å². The largest absolute Gasteiger partial charge is 0.414 e. The molecule has 0 radical (unpaired) electrons. The molecule has 0 saturated carbocycles. The molecule has 2 saturated heterocycles. The van der Waals surface area contributed by atoms with E-state index >= 15 is 0 Å². The van der Waals surface area contributed by atoms with Gasteiger partial charge < -0.3 is 22.8 Å². The van der Waals surface area contributed by atoms with Crippen LogP contribution >= 0.6 is 11.6 Å². The minimum absolute atomic E-state index is 0.00452. The molecule has 0 bridgehead atoms. The number of halogens is 1. The zero-order valence-electron chi connectivity index (χ0n) is 26.1. The van der Waals surface area contributed by atoms with Crippen molar-refractivity contribution in [1.82, 2.24) is 19.5 Å². The molecular formula is C28H44ClN5O6Si2. The van der Waals surface area contributed by atoms with Gasteiger partial charge in [-0.05, 0) is 22.2 Å². The fourth-order valence-electron chi connectivity index (χ4n) is 5.98. The molecule has 0 aromatic carbocycles. The lowest BCUT2D eigenvalue weighted by atomic mass is 9.95. The minimum atomic E-state index is -3.11. The van der Waals surface area contributed by atoms with Crippen LogP contribution in [0.15, 0.2) is 6.33 Å². The van der Waals surface area contributed by atoms with E-state index in [2.05, 4.69) is 81.6 Å². The summed E-state index contributed by atoms with van der Waals surface area (Å²) in [6, 6.07) is 0. The summed E-state index contributed by atoms with van der Waals surface area (Å²) in [6.07, 6.45) is 4.72. The van der Waals surface area contributed by atoms with Crippen LogP contribution in [0, 0.1) is 18.3 Å². The lowest BCUT2D eigenvalue weighted by Crippen LogP contribution is -2.67. The van der Waals surface area contributed by atoms with Crippen LogP contribution in [0.3, 0.4) is 0 Å². The zero-order chi connectivity index (χ0) is 31.4. The fraction of sp³-hybridized carbons (Fsp3) is 0.714. The van der Waals surface area contributed by atoms with E-state index in [-0.39, 0.29) is 62.9 Å². The molecule has 4 heterocycles. The van der Waals surface area contributed by atoms with Crippen molar-refractivity contribution >= 4 is 51.7 Å². The molecule has 232 valence electrons. The number of imidazole rings is 1. The summed E-state index contributed by atoms with van der Waals surface area (Å²) in [5, 5.41) is 14.9. The van der Waals surface area contributed by atoms with Crippen molar-refractivity contribution in [2.45, 2.75) is 115 Å². The molecule has 2 N–H and O–H groups in total. The lowest BCUT2D eigenvalue weighted by molar-refractivity contribution is -0.118. The van der Waals surface area contributed by atoms with Crippen molar-refractivity contribution in [1.29, 1.82) is 0 Å². The molecule has 4 atom stereocenters. The van der Waals surface area contributed by atoms with Crippen LogP contribution in [-0.4, -0.2) is 72.1 Å². The summed E-state index contributed by atoms with van der Waals surface area (Å²) in [4.78, 5) is 25.4. The van der Waals surface area contributed by atoms with Crippen LogP contribution in [-0.2, 0) is 22.5 Å². The molecule has 2 aliphatic rings. The van der Waals surface area contributed by atoms with Gasteiger partial charge in [-0.15, -0.1) is 6.42 Å². The normalized spacial score (nSPS) is 27.5. The predicted octanol–water partition coefficient (Wildman–Crippen LogP) is 5.29. The van der Waals surface area contributed by atoms with Crippen molar-refractivity contribution in [3.63, 3.8) is 0 Å². The summed E-state index contributed by atoms with van der Waals surface area (Å²) in [5.74, 6) is 2.01. The first-order valence-electron chi connectivity index (χ1n) is 14.6. The minimum Gasteiger partial charge on any atom is -0.414 e. The quantitative estimate of drug-likeness (QED) is 0.236. The maximum absolute atomic E-state index is 12.4. The van der Waals surface area contributed by atoms with Crippen LogP contribution in [0.4, 0.5) is 5.95 Å². The van der Waals surface area contributed by atoms with Gasteiger partial charge >= 0.3 is 17.1 Å². The number of amides is 1. The average molecular weight is 638 g/mol. The highest BCUT2D eigenvalue weighted by atomic mass is 35.5. The molecule has 2 aliphatic heterocycles. The Hall–Kier alpha value is -1.90. The Labute approximate surface area is 255 Å². The number of fused-ring (bicyclic) bond motifs is 2. The van der Waals surface area contributed by atoms with Crippen molar-refractivity contribution in [3.8, 4) is 12.3 Å². The van der Waals surface area contributed by atoms with Gasteiger partial charge in [-0.3, -0.25) is 14.7 Å². The Morgan fingerprint density at radius 3 is 2.21 bits per heavy atom. The third-order valence-corrected chi connectivity index (χ3v) is 18.9. The Morgan fingerprint density at radius 2 is 1.69 bits per heavy atom. The molecule has 42 heavy (non-hydrogen) atoms. The number of nitrogens with one attached hydrogen (secondary N) is 1. The average Bonchev–Trinajstić information content (AvgIpc) is 3.42. The molecular weight excluding hydrogens is 594 g/mol. The van der Waals surface area contributed by atoms with E-state index in [4.69, 9.17) is 35.7 Å². The third kappa shape index (κ3) is 5.34. The molecule has 2 fully saturated rings. The Morgan fingerprint density at radius 1 is 1.10 bits per heavy atom. The molecule has 4 rings (SSSR count). The van der Waals surface area contributed by atoms with Crippen molar-refractivity contribution in [2.24, 2.45) is 5.92 Å². The van der Waals surface area contributed by atoms with Crippen molar-refractivity contribution < 1.29 is 27.6 Å². The first-order valence-corrected chi connectivity index (χ1v) is 18.9. The molecule has 11 nitrogen and oxygen atoms in total. The summed E-state index contributed by atoms with van der Waals surface area (Å²) in [6.45, 7) is 20.6. The van der Waals surface area contributed by atoms with E-state index in [0.29, 0.717) is 0 Å². The van der Waals surface area contributed by atoms with Gasteiger partial charge in [-0.25, -0.2) is 4.98 Å². The zero-order valence-corrected chi connectivity index (χ0v) is 28.9. The summed E-state index contributed by atoms with van der Waals surface area (Å²) in [5.41, 5.74) is -1.10. The monoisotopic (exact) mass is 637 g/mol. The Balaban J connectivity index is 1.85. The van der Waals surface area contributed by atoms with Gasteiger partial charge in [-0.1, -0.05) is 86.8 Å². The van der Waals surface area contributed by atoms with E-state index in [0.717, 1.165) is 0 Å². The van der Waals surface area contributed by atoms with E-state index in [1.54, 1.807) is 13.8 Å². The Kier molecular flexibility index (Phi) is 9.34. The number of carbonyl (C=O) groups is 1. The van der Waals surface area contributed by atoms with Gasteiger partial charge in [0.15, 0.2) is 22.6 Å². The number of ether oxygens (including phenoxy) is 1. The maximum Gasteiger partial charge on any atom is 0.335 e. The number of anilines is 1. The maximum atomic E-state index is 12.4. The van der Waals surface area contributed by atoms with Crippen LogP contribution in [0.2, 0.25) is 27.3 Å². The number of rotatable bonds is 7. The second kappa shape index (κ2) is 11.9. The van der Waals surface area contributed by atoms with Crippen molar-refractivity contribution in [3.05, 3.63) is 11.5 Å². The highest BCUT2D eigenvalue weighted by molar-refractivity contribution is 6.84. The molecule has 0 aliphatic carbocycles. The van der Waals surface area contributed by atoms with Gasteiger partial charge in [0.2, 0.25) is 11.9 Å². The molecule has 1 amide bonds. The molecule has 2 aromatic heterocycles. The number of carbonyl (C=O) groups excluding carboxylic acids is 1. The smallest absolute Gasteiger partial charge is 0.335 e. The van der Waals surface area contributed by atoms with Crippen LogP contribution in [0.25, 0.3) is 11.2 Å². The van der Waals surface area contributed by atoms with Crippen molar-refractivity contribution in [2.75, 3.05) is 11.9 Å². The van der Waals surface area contributed by atoms with E-state index < -0.39 is 41.2 Å². The highest BCUT2D eigenvalue weighted by Gasteiger charge is 2.65. The number of aliphatic hydroxyl groups is 1. The van der Waals surface area contributed by atoms with Gasteiger partial charge in [-0.2, -0.15) is 9.97 Å². The SMILES string of the molecule is C#C[C@]1(O)[C@@H]2O[Si](C(C)C)(C(C)C)O[Si](C(C)C)(C(C)C)OC[C@H]2O[C@H]1n1cnc2c(Cl)nc(NC(=O)C(C)C)nc21. The summed E-state index contributed by atoms with van der Waals surface area (Å²) < 4.78 is 29.2. The number of terminal acetylenes is 1. The van der Waals surface area contributed by atoms with Gasteiger partial charge in [0.25, 0.3) is 0 Å². The topological polar surface area (TPSA) is 130 Å². The van der Waals surface area contributed by atoms with Crippen LogP contribution < -0.4 is 5.32 Å². The summed E-state index contributed by atoms with van der Waals surface area (Å²) >= 11 is 6.44. The van der Waals surface area contributed by atoms with E-state index in [9.17, 15) is 9.90 Å². The van der Waals surface area contributed by atoms with E-state index in [1.165, 1.54) is 10.9 Å². The molecule has 0 unspecified atom stereocenters. The van der Waals surface area contributed by atoms with Crippen LogP contribution in [0.5, 0.6) is 0 Å². The second-order valence-electron chi connectivity index (χ2n) is 12.8. The third-order valence-electron chi connectivity index (χ3n) is 8.40. The summed E-state index contributed by atoms with van der Waals surface area (Å²) in [7, 11) is -5.95. The van der Waals surface area contributed by atoms with E-state index in [1.807, 2.05) is 0 Å². The van der Waals surface area contributed by atoms with Gasteiger partial charge in [0, 0.05) is 5.92 Å². The van der Waals surface area contributed by atoms with Gasteiger partial charge in [0.1, 0.15) is 17.7 Å². The Bertz CT molecular complexity index is 1350. The number of nitrogens with zero attached hydrogens (tertiary/aromatic N) is 4. The number of aromatic nitrogens is 4. The molecule has 0 spiro atoms.